The van der Waals surface area contributed by atoms with Crippen LogP contribution in [-0.2, 0) is 6.54 Å². The summed E-state index contributed by atoms with van der Waals surface area (Å²) < 4.78 is 17.0. The van der Waals surface area contributed by atoms with Gasteiger partial charge < -0.3 is 18.2 Å². The largest absolute Gasteiger partial charge is 0.459 e. The molecule has 4 heterocycles. The van der Waals surface area contributed by atoms with E-state index in [1.807, 2.05) is 17.5 Å². The van der Waals surface area contributed by atoms with Gasteiger partial charge in [-0.25, -0.2) is 0 Å². The fourth-order valence-corrected chi connectivity index (χ4v) is 3.53. The third-order valence-corrected chi connectivity index (χ3v) is 5.16. The van der Waals surface area contributed by atoms with Gasteiger partial charge in [-0.1, -0.05) is 13.0 Å². The molecule has 0 aliphatic rings. The number of rotatable bonds is 8. The molecule has 4 aromatic rings. The molecule has 27 heavy (non-hydrogen) atoms. The molecule has 8 nitrogen and oxygen atoms in total. The summed E-state index contributed by atoms with van der Waals surface area (Å²) in [5.41, 5.74) is 0. The fraction of sp³-hybridized carbons (Fsp3) is 0.333. The van der Waals surface area contributed by atoms with E-state index < -0.39 is 0 Å². The molecule has 0 spiro atoms. The van der Waals surface area contributed by atoms with Gasteiger partial charge in [-0.15, -0.1) is 31.7 Å². The molecular formula is C18H20N5O3S+. The second kappa shape index (κ2) is 7.85. The maximum Gasteiger partial charge on any atom is 0.283 e. The van der Waals surface area contributed by atoms with E-state index in [4.69, 9.17) is 13.3 Å². The van der Waals surface area contributed by atoms with Crippen LogP contribution in [0.5, 0.6) is 0 Å². The Bertz CT molecular complexity index is 961. The van der Waals surface area contributed by atoms with Crippen LogP contribution in [0.3, 0.4) is 0 Å². The van der Waals surface area contributed by atoms with Crippen LogP contribution in [0.4, 0.5) is 0 Å². The van der Waals surface area contributed by atoms with Crippen LogP contribution in [0.15, 0.2) is 49.2 Å². The molecule has 1 N–H and O–H groups in total. The summed E-state index contributed by atoms with van der Waals surface area (Å²) in [6.45, 7) is 5.69. The first kappa shape index (κ1) is 17.6. The number of hydrogen-bond donors (Lipinski definition) is 1. The van der Waals surface area contributed by atoms with Gasteiger partial charge in [-0.05, 0) is 36.9 Å². The minimum Gasteiger partial charge on any atom is -0.459 e. The van der Waals surface area contributed by atoms with Crippen molar-refractivity contribution in [3.8, 4) is 22.4 Å². The monoisotopic (exact) mass is 386 g/mol. The topological polar surface area (TPSA) is 95.4 Å². The molecule has 0 bridgehead atoms. The molecule has 0 fully saturated rings. The van der Waals surface area contributed by atoms with Crippen LogP contribution < -0.4 is 4.90 Å². The first-order chi connectivity index (χ1) is 13.2. The van der Waals surface area contributed by atoms with Crippen molar-refractivity contribution in [3.05, 3.63) is 47.7 Å². The summed E-state index contributed by atoms with van der Waals surface area (Å²) in [5.74, 6) is 2.66. The van der Waals surface area contributed by atoms with Gasteiger partial charge in [0.1, 0.15) is 0 Å². The maximum absolute atomic E-state index is 5.90. The predicted octanol–water partition coefficient (Wildman–Crippen LogP) is 3.00. The van der Waals surface area contributed by atoms with Gasteiger partial charge in [-0.2, -0.15) is 0 Å². The molecule has 1 unspecified atom stereocenters. The average Bonchev–Trinajstić information content (AvgIpc) is 3.48. The van der Waals surface area contributed by atoms with Gasteiger partial charge in [0.05, 0.1) is 17.7 Å². The number of hydrogen-bond acceptors (Lipinski definition) is 8. The second-order valence-electron chi connectivity index (χ2n) is 6.21. The van der Waals surface area contributed by atoms with Crippen LogP contribution in [-0.4, -0.2) is 26.9 Å². The third kappa shape index (κ3) is 3.83. The fourth-order valence-electron chi connectivity index (χ4n) is 2.88. The van der Waals surface area contributed by atoms with Gasteiger partial charge in [-0.3, -0.25) is 0 Å². The standard InChI is InChI=1S/C18H19N5O3S/c1-3-8-23(11-15-19-21-17(25-15)13-6-4-9-24-13)12(2)16-20-22-18(26-16)14-7-5-10-27-14/h4-7,9-10,12H,3,8,11H2,1-2H3/p+1/t12-/m0/s1. The minimum absolute atomic E-state index is 0.00475. The van der Waals surface area contributed by atoms with Gasteiger partial charge in [0.25, 0.3) is 23.6 Å². The van der Waals surface area contributed by atoms with E-state index in [2.05, 4.69) is 34.2 Å². The SMILES string of the molecule is CCC[NH+](Cc1nnc(-c2ccco2)o1)[C@@H](C)c1nnc(-c2cccs2)o1. The molecular weight excluding hydrogens is 366 g/mol. The smallest absolute Gasteiger partial charge is 0.283 e. The zero-order valence-corrected chi connectivity index (χ0v) is 15.9. The maximum atomic E-state index is 5.90. The highest BCUT2D eigenvalue weighted by Crippen LogP contribution is 2.24. The summed E-state index contributed by atoms with van der Waals surface area (Å²) in [6.07, 6.45) is 2.58. The number of aromatic nitrogens is 4. The Kier molecular flexibility index (Phi) is 5.12. The number of quaternary nitrogens is 1. The highest BCUT2D eigenvalue weighted by Gasteiger charge is 2.27. The molecule has 4 rings (SSSR count). The van der Waals surface area contributed by atoms with E-state index >= 15 is 0 Å². The van der Waals surface area contributed by atoms with Gasteiger partial charge >= 0.3 is 0 Å². The highest BCUT2D eigenvalue weighted by molar-refractivity contribution is 7.13. The van der Waals surface area contributed by atoms with Gasteiger partial charge in [0.2, 0.25) is 0 Å². The number of nitrogens with one attached hydrogen (secondary N) is 1. The lowest BCUT2D eigenvalue weighted by atomic mass is 10.2. The van der Waals surface area contributed by atoms with E-state index in [1.165, 1.54) is 4.90 Å². The summed E-state index contributed by atoms with van der Waals surface area (Å²) in [4.78, 5) is 2.19. The van der Waals surface area contributed by atoms with E-state index in [9.17, 15) is 0 Å². The highest BCUT2D eigenvalue weighted by atomic mass is 32.1. The second-order valence-corrected chi connectivity index (χ2v) is 7.16. The van der Waals surface area contributed by atoms with Crippen LogP contribution in [0.1, 0.15) is 38.1 Å². The summed E-state index contributed by atoms with van der Waals surface area (Å²) in [5, 5.41) is 18.6. The Morgan fingerprint density at radius 2 is 1.96 bits per heavy atom. The molecule has 0 aliphatic carbocycles. The first-order valence-electron chi connectivity index (χ1n) is 8.82. The van der Waals surface area contributed by atoms with Crippen molar-refractivity contribution in [2.75, 3.05) is 6.54 Å². The summed E-state index contributed by atoms with van der Waals surface area (Å²) >= 11 is 1.58. The number of furan rings is 1. The quantitative estimate of drug-likeness (QED) is 0.497. The van der Waals surface area contributed by atoms with E-state index in [0.717, 1.165) is 17.8 Å². The lowest BCUT2D eigenvalue weighted by molar-refractivity contribution is -0.945. The first-order valence-corrected chi connectivity index (χ1v) is 9.70. The van der Waals surface area contributed by atoms with Gasteiger partial charge in [0.15, 0.2) is 18.3 Å². The molecule has 0 saturated carbocycles. The number of thiophene rings is 1. The Hall–Kier alpha value is -2.78. The Labute approximate surface area is 159 Å². The predicted molar refractivity (Wildman–Crippen MR) is 97.9 cm³/mol. The van der Waals surface area contributed by atoms with E-state index in [-0.39, 0.29) is 6.04 Å². The molecule has 0 aromatic carbocycles. The van der Waals surface area contributed by atoms with Crippen molar-refractivity contribution < 1.29 is 18.2 Å². The van der Waals surface area contributed by atoms with Crippen molar-refractivity contribution in [2.45, 2.75) is 32.9 Å². The van der Waals surface area contributed by atoms with Crippen molar-refractivity contribution in [2.24, 2.45) is 0 Å². The Morgan fingerprint density at radius 1 is 1.07 bits per heavy atom. The third-order valence-electron chi connectivity index (χ3n) is 4.30. The van der Waals surface area contributed by atoms with Crippen molar-refractivity contribution in [1.82, 2.24) is 20.4 Å². The Balaban J connectivity index is 1.50. The lowest BCUT2D eigenvalue weighted by Gasteiger charge is -2.21. The molecule has 0 saturated heterocycles. The Morgan fingerprint density at radius 3 is 2.70 bits per heavy atom. The zero-order chi connectivity index (χ0) is 18.6. The molecule has 0 radical (unpaired) electrons. The minimum atomic E-state index is 0.00475. The van der Waals surface area contributed by atoms with Crippen LogP contribution in [0.2, 0.25) is 0 Å². The van der Waals surface area contributed by atoms with Crippen molar-refractivity contribution in [3.63, 3.8) is 0 Å². The molecule has 0 amide bonds. The molecule has 9 heteroatoms. The zero-order valence-electron chi connectivity index (χ0n) is 15.1. The molecule has 140 valence electrons. The normalized spacial score (nSPS) is 13.7. The molecule has 4 aromatic heterocycles. The number of nitrogens with zero attached hydrogens (tertiary/aromatic N) is 4. The summed E-state index contributed by atoms with van der Waals surface area (Å²) in [6, 6.07) is 7.52. The van der Waals surface area contributed by atoms with Gasteiger partial charge in [0, 0.05) is 0 Å². The van der Waals surface area contributed by atoms with Crippen LogP contribution in [0.25, 0.3) is 22.4 Å². The van der Waals surface area contributed by atoms with Crippen LogP contribution in [0, 0.1) is 0 Å². The van der Waals surface area contributed by atoms with Crippen molar-refractivity contribution >= 4 is 11.3 Å². The summed E-state index contributed by atoms with van der Waals surface area (Å²) in [7, 11) is 0. The van der Waals surface area contributed by atoms with Crippen LogP contribution >= 0.6 is 11.3 Å². The van der Waals surface area contributed by atoms with E-state index in [0.29, 0.717) is 35.9 Å². The van der Waals surface area contributed by atoms with Crippen molar-refractivity contribution in [1.29, 1.82) is 0 Å². The van der Waals surface area contributed by atoms with E-state index in [1.54, 1.807) is 29.7 Å². The molecule has 0 aliphatic heterocycles. The molecule has 2 atom stereocenters. The average molecular weight is 386 g/mol. The lowest BCUT2D eigenvalue weighted by Crippen LogP contribution is -3.10.